The van der Waals surface area contributed by atoms with Crippen LogP contribution in [0.3, 0.4) is 0 Å². The molecule has 72 heavy (non-hydrogen) atoms. The van der Waals surface area contributed by atoms with Gasteiger partial charge in [-0.1, -0.05) is 182 Å². The van der Waals surface area contributed by atoms with E-state index in [9.17, 15) is 28.8 Å². The molecule has 0 heterocycles. The summed E-state index contributed by atoms with van der Waals surface area (Å²) in [5.74, 6) is -6.19. The van der Waals surface area contributed by atoms with Gasteiger partial charge < -0.3 is 28.4 Å². The fraction of sp³-hybridized carbons (Fsp3) is 0.100. The van der Waals surface area contributed by atoms with Crippen LogP contribution < -0.4 is 0 Å². The van der Waals surface area contributed by atoms with Gasteiger partial charge in [-0.2, -0.15) is 0 Å². The van der Waals surface area contributed by atoms with Crippen LogP contribution in [0.2, 0.25) is 0 Å². The van der Waals surface area contributed by atoms with E-state index in [1.807, 2.05) is 0 Å². The Bertz CT molecular complexity index is 2390. The molecule has 0 radical (unpaired) electrons. The number of hydrogen-bond acceptors (Lipinski definition) is 12. The van der Waals surface area contributed by atoms with Gasteiger partial charge in [-0.05, 0) is 69.8 Å². The molecule has 0 saturated heterocycles. The lowest BCUT2D eigenvalue weighted by Crippen LogP contribution is -2.69. The minimum Gasteiger partial charge on any atom is -0.451 e. The summed E-state index contributed by atoms with van der Waals surface area (Å²) in [6, 6.07) is 52.7. The molecule has 1 aliphatic rings. The molecular weight excluding hydrogens is 913 g/mol. The lowest BCUT2D eigenvalue weighted by molar-refractivity contribution is -0.256. The standard InChI is InChI=1S/C60H48O12/c61-49(37-31-43-19-7-1-8-20-43)67-55-56(68-50(62)38-32-44-21-9-2-10-22-44)58(70-52(64)40-34-46-25-13-4-14-26-46)60(72-54(66)42-36-48-29-17-6-18-30-48)59(71-53(65)41-35-47-27-15-5-16-28-47)57(55)69-51(63)39-33-45-23-11-3-12-24-45/h1-42,55-60H/b37-31+,38-32+,39-33+,40-34+,41-35+,42-36+. The molecular formula is C60H48O12. The van der Waals surface area contributed by atoms with Crippen LogP contribution >= 0.6 is 0 Å². The van der Waals surface area contributed by atoms with Crippen LogP contribution in [0, 0.1) is 0 Å². The minimum absolute atomic E-state index is 0.616. The first kappa shape index (κ1) is 50.5. The zero-order chi connectivity index (χ0) is 50.3. The summed E-state index contributed by atoms with van der Waals surface area (Å²) in [6.45, 7) is 0. The molecule has 12 heteroatoms. The Labute approximate surface area is 416 Å². The third kappa shape index (κ3) is 15.8. The largest absolute Gasteiger partial charge is 0.451 e. The van der Waals surface area contributed by atoms with E-state index in [1.54, 1.807) is 182 Å². The van der Waals surface area contributed by atoms with Crippen molar-refractivity contribution in [3.63, 3.8) is 0 Å². The second-order valence-corrected chi connectivity index (χ2v) is 15.9. The van der Waals surface area contributed by atoms with Crippen LogP contribution in [0.25, 0.3) is 36.5 Å². The zero-order valence-corrected chi connectivity index (χ0v) is 38.6. The quantitative estimate of drug-likeness (QED) is 0.0457. The van der Waals surface area contributed by atoms with Crippen molar-refractivity contribution < 1.29 is 57.2 Å². The molecule has 12 nitrogen and oxygen atoms in total. The van der Waals surface area contributed by atoms with Crippen molar-refractivity contribution in [3.8, 4) is 0 Å². The molecule has 360 valence electrons. The summed E-state index contributed by atoms with van der Waals surface area (Å²) < 4.78 is 36.6. The number of carbonyl (C=O) groups is 6. The van der Waals surface area contributed by atoms with E-state index in [4.69, 9.17) is 28.4 Å². The smallest absolute Gasteiger partial charge is 0.331 e. The average molecular weight is 961 g/mol. The molecule has 1 saturated carbocycles. The van der Waals surface area contributed by atoms with E-state index in [-0.39, 0.29) is 0 Å². The molecule has 6 aromatic carbocycles. The molecule has 1 aliphatic carbocycles. The van der Waals surface area contributed by atoms with Crippen LogP contribution in [0.5, 0.6) is 0 Å². The first-order valence-electron chi connectivity index (χ1n) is 22.8. The molecule has 0 unspecified atom stereocenters. The Morgan fingerprint density at radius 2 is 0.347 bits per heavy atom. The summed E-state index contributed by atoms with van der Waals surface area (Å²) in [5, 5.41) is 0. The van der Waals surface area contributed by atoms with Gasteiger partial charge in [-0.15, -0.1) is 0 Å². The Hall–Kier alpha value is -9.42. The van der Waals surface area contributed by atoms with Crippen LogP contribution in [0.15, 0.2) is 218 Å². The van der Waals surface area contributed by atoms with Gasteiger partial charge in [0.25, 0.3) is 0 Å². The molecule has 1 fully saturated rings. The third-order valence-electron chi connectivity index (χ3n) is 10.7. The zero-order valence-electron chi connectivity index (χ0n) is 38.6. The maximum Gasteiger partial charge on any atom is 0.331 e. The van der Waals surface area contributed by atoms with E-state index < -0.39 is 72.4 Å². The van der Waals surface area contributed by atoms with Gasteiger partial charge in [0, 0.05) is 36.5 Å². The van der Waals surface area contributed by atoms with Crippen LogP contribution in [-0.2, 0) is 57.2 Å². The molecule has 7 rings (SSSR count). The number of ether oxygens (including phenoxy) is 6. The average Bonchev–Trinajstić information content (AvgIpc) is 3.42. The highest BCUT2D eigenvalue weighted by Gasteiger charge is 2.61. The van der Waals surface area contributed by atoms with Crippen molar-refractivity contribution in [2.45, 2.75) is 36.6 Å². The first-order valence-corrected chi connectivity index (χ1v) is 22.8. The first-order chi connectivity index (χ1) is 35.2. The fourth-order valence-electron chi connectivity index (χ4n) is 7.34. The Morgan fingerprint density at radius 1 is 0.222 bits per heavy atom. The molecule has 0 N–H and O–H groups in total. The predicted molar refractivity (Wildman–Crippen MR) is 272 cm³/mol. The van der Waals surface area contributed by atoms with Crippen LogP contribution in [-0.4, -0.2) is 72.4 Å². The summed E-state index contributed by atoms with van der Waals surface area (Å²) >= 11 is 0. The molecule has 0 bridgehead atoms. The van der Waals surface area contributed by atoms with Gasteiger partial charge in [-0.3, -0.25) is 0 Å². The number of esters is 6. The van der Waals surface area contributed by atoms with Crippen LogP contribution in [0.1, 0.15) is 33.4 Å². The number of hydrogen-bond donors (Lipinski definition) is 0. The molecule has 6 aromatic rings. The van der Waals surface area contributed by atoms with E-state index in [0.29, 0.717) is 33.4 Å². The van der Waals surface area contributed by atoms with Crippen molar-refractivity contribution in [2.75, 3.05) is 0 Å². The predicted octanol–water partition coefficient (Wildman–Crippen LogP) is 9.75. The Morgan fingerprint density at radius 3 is 0.472 bits per heavy atom. The SMILES string of the molecule is O=C(/C=C/c1ccccc1)OC1C(OC(=O)/C=C/c2ccccc2)C(OC(=O)/C=C/c2ccccc2)C(OC(=O)/C=C/c2ccccc2)C(OC(=O)/C=C/c2ccccc2)C1OC(=O)/C=C/c1ccccc1. The Balaban J connectivity index is 1.38. The third-order valence-corrected chi connectivity index (χ3v) is 10.7. The van der Waals surface area contributed by atoms with E-state index in [0.717, 1.165) is 36.5 Å². The lowest BCUT2D eigenvalue weighted by Gasteiger charge is -2.46. The second-order valence-electron chi connectivity index (χ2n) is 15.9. The highest BCUT2D eigenvalue weighted by Crippen LogP contribution is 2.35. The molecule has 0 aliphatic heterocycles. The summed E-state index contributed by atoms with van der Waals surface area (Å²) in [7, 11) is 0. The number of carbonyl (C=O) groups excluding carboxylic acids is 6. The fourth-order valence-corrected chi connectivity index (χ4v) is 7.34. The van der Waals surface area contributed by atoms with Gasteiger partial charge in [0.15, 0.2) is 36.6 Å². The normalized spacial score (nSPS) is 18.8. The molecule has 0 aromatic heterocycles. The summed E-state index contributed by atoms with van der Waals surface area (Å²) in [6.07, 6.45) is 3.71. The van der Waals surface area contributed by atoms with E-state index in [2.05, 4.69) is 0 Å². The maximum atomic E-state index is 14.1. The maximum absolute atomic E-state index is 14.1. The number of rotatable bonds is 18. The number of benzene rings is 6. The van der Waals surface area contributed by atoms with Gasteiger partial charge >= 0.3 is 35.8 Å². The van der Waals surface area contributed by atoms with E-state index >= 15 is 0 Å². The monoisotopic (exact) mass is 960 g/mol. The van der Waals surface area contributed by atoms with Gasteiger partial charge in [-0.25, -0.2) is 28.8 Å². The summed E-state index contributed by atoms with van der Waals surface area (Å²) in [4.78, 5) is 84.4. The van der Waals surface area contributed by atoms with Gasteiger partial charge in [0.05, 0.1) is 0 Å². The highest BCUT2D eigenvalue weighted by molar-refractivity contribution is 5.91. The molecule has 0 atom stereocenters. The summed E-state index contributed by atoms with van der Waals surface area (Å²) in [5.41, 5.74) is 3.70. The lowest BCUT2D eigenvalue weighted by atomic mass is 9.83. The van der Waals surface area contributed by atoms with Gasteiger partial charge in [0.2, 0.25) is 0 Å². The van der Waals surface area contributed by atoms with Crippen LogP contribution in [0.4, 0.5) is 0 Å². The van der Waals surface area contributed by atoms with Crippen molar-refractivity contribution >= 4 is 72.3 Å². The van der Waals surface area contributed by atoms with Crippen molar-refractivity contribution in [3.05, 3.63) is 252 Å². The van der Waals surface area contributed by atoms with Crippen molar-refractivity contribution in [2.24, 2.45) is 0 Å². The second kappa shape index (κ2) is 26.4. The molecule has 0 amide bonds. The molecule has 0 spiro atoms. The topological polar surface area (TPSA) is 158 Å². The Kier molecular flexibility index (Phi) is 18.5. The highest BCUT2D eigenvalue weighted by atomic mass is 16.7. The van der Waals surface area contributed by atoms with Gasteiger partial charge in [0.1, 0.15) is 0 Å². The minimum atomic E-state index is -1.93. The van der Waals surface area contributed by atoms with E-state index in [1.165, 1.54) is 36.5 Å². The van der Waals surface area contributed by atoms with Crippen molar-refractivity contribution in [1.29, 1.82) is 0 Å². The van der Waals surface area contributed by atoms with Crippen molar-refractivity contribution in [1.82, 2.24) is 0 Å².